The largest absolute Gasteiger partial charge is 0.508 e. The molecule has 0 atom stereocenters. The van der Waals surface area contributed by atoms with Gasteiger partial charge in [0.2, 0.25) is 0 Å². The maximum atomic E-state index is 12.1. The summed E-state index contributed by atoms with van der Waals surface area (Å²) in [5.74, 6) is -0.283. The first-order valence-corrected chi connectivity index (χ1v) is 7.91. The average Bonchev–Trinajstić information content (AvgIpc) is 3.06. The molecule has 2 aromatic carbocycles. The first-order chi connectivity index (χ1) is 12.0. The number of hydrogen-bond acceptors (Lipinski definition) is 4. The summed E-state index contributed by atoms with van der Waals surface area (Å²) >= 11 is 11.9. The number of carbonyl (C=O) groups is 1. The number of benzene rings is 2. The lowest BCUT2D eigenvalue weighted by molar-refractivity contribution is 0.0950. The lowest BCUT2D eigenvalue weighted by Crippen LogP contribution is -2.17. The van der Waals surface area contributed by atoms with Gasteiger partial charge >= 0.3 is 0 Å². The van der Waals surface area contributed by atoms with Crippen molar-refractivity contribution >= 4 is 35.3 Å². The molecule has 0 spiro atoms. The highest BCUT2D eigenvalue weighted by Gasteiger charge is 2.11. The summed E-state index contributed by atoms with van der Waals surface area (Å²) in [6.45, 7) is 0. The molecule has 126 valence electrons. The number of nitrogens with zero attached hydrogens (tertiary/aromatic N) is 2. The van der Waals surface area contributed by atoms with E-state index in [1.54, 1.807) is 36.4 Å². The van der Waals surface area contributed by atoms with E-state index in [2.05, 4.69) is 20.7 Å². The van der Waals surface area contributed by atoms with Crippen LogP contribution >= 0.6 is 23.2 Å². The molecule has 0 aliphatic rings. The molecule has 6 nitrogen and oxygen atoms in total. The average molecular weight is 375 g/mol. The molecule has 0 aliphatic carbocycles. The molecule has 25 heavy (non-hydrogen) atoms. The smallest absolute Gasteiger partial charge is 0.289 e. The first kappa shape index (κ1) is 17.0. The lowest BCUT2D eigenvalue weighted by Gasteiger charge is -1.98. The van der Waals surface area contributed by atoms with Crippen molar-refractivity contribution in [1.29, 1.82) is 0 Å². The molecular weight excluding hydrogens is 363 g/mol. The number of aromatic hydroxyl groups is 1. The number of carbonyl (C=O) groups excluding carboxylic acids is 1. The zero-order valence-corrected chi connectivity index (χ0v) is 14.2. The van der Waals surface area contributed by atoms with Crippen LogP contribution in [-0.2, 0) is 0 Å². The molecule has 1 aromatic heterocycles. The minimum absolute atomic E-state index is 0.160. The Hall–Kier alpha value is -2.83. The van der Waals surface area contributed by atoms with Gasteiger partial charge in [-0.2, -0.15) is 10.2 Å². The van der Waals surface area contributed by atoms with Crippen LogP contribution in [-0.4, -0.2) is 27.4 Å². The van der Waals surface area contributed by atoms with Crippen molar-refractivity contribution < 1.29 is 9.90 Å². The Balaban J connectivity index is 1.69. The van der Waals surface area contributed by atoms with Crippen molar-refractivity contribution in [3.63, 3.8) is 0 Å². The van der Waals surface area contributed by atoms with Crippen LogP contribution in [0.1, 0.15) is 16.1 Å². The van der Waals surface area contributed by atoms with Gasteiger partial charge in [0.05, 0.1) is 11.9 Å². The summed E-state index contributed by atoms with van der Waals surface area (Å²) in [5, 5.41) is 20.8. The summed E-state index contributed by atoms with van der Waals surface area (Å²) in [5.41, 5.74) is 4.61. The quantitative estimate of drug-likeness (QED) is 0.478. The standard InChI is InChI=1S/C17H12Cl2N4O2/c18-12-5-11(6-13(19)7-12)15-8-16(22-21-15)17(25)23-20-9-10-1-3-14(24)4-2-10/h1-9,24H,(H,21,22)(H,23,25). The number of nitrogens with one attached hydrogen (secondary N) is 2. The van der Waals surface area contributed by atoms with E-state index in [4.69, 9.17) is 23.2 Å². The summed E-state index contributed by atoms with van der Waals surface area (Å²) in [6.07, 6.45) is 1.46. The van der Waals surface area contributed by atoms with Crippen LogP contribution in [0.25, 0.3) is 11.3 Å². The number of aromatic amines is 1. The number of rotatable bonds is 4. The Labute approximate surface area is 153 Å². The van der Waals surface area contributed by atoms with Crippen molar-refractivity contribution in [3.05, 3.63) is 69.8 Å². The fourth-order valence-corrected chi connectivity index (χ4v) is 2.60. The van der Waals surface area contributed by atoms with Crippen molar-refractivity contribution in [3.8, 4) is 17.0 Å². The number of hydrazone groups is 1. The zero-order chi connectivity index (χ0) is 17.8. The van der Waals surface area contributed by atoms with Crippen molar-refractivity contribution in [2.24, 2.45) is 5.10 Å². The predicted molar refractivity (Wildman–Crippen MR) is 97.2 cm³/mol. The van der Waals surface area contributed by atoms with E-state index < -0.39 is 5.91 Å². The molecule has 0 bridgehead atoms. The molecule has 3 aromatic rings. The monoisotopic (exact) mass is 374 g/mol. The molecule has 1 heterocycles. The van der Waals surface area contributed by atoms with Gasteiger partial charge in [-0.3, -0.25) is 9.89 Å². The van der Waals surface area contributed by atoms with Crippen LogP contribution in [0.2, 0.25) is 10.0 Å². The number of phenolic OH excluding ortho intramolecular Hbond substituents is 1. The molecule has 0 unspecified atom stereocenters. The van der Waals surface area contributed by atoms with Gasteiger partial charge in [-0.25, -0.2) is 5.43 Å². The van der Waals surface area contributed by atoms with Crippen LogP contribution in [0.4, 0.5) is 0 Å². The molecule has 0 saturated carbocycles. The van der Waals surface area contributed by atoms with Gasteiger partial charge in [0.15, 0.2) is 0 Å². The lowest BCUT2D eigenvalue weighted by atomic mass is 10.1. The van der Waals surface area contributed by atoms with Crippen LogP contribution in [0.3, 0.4) is 0 Å². The minimum Gasteiger partial charge on any atom is -0.508 e. The number of amides is 1. The normalized spacial score (nSPS) is 11.0. The molecule has 0 radical (unpaired) electrons. The van der Waals surface area contributed by atoms with E-state index in [9.17, 15) is 9.90 Å². The maximum Gasteiger partial charge on any atom is 0.289 e. The number of halogens is 2. The fraction of sp³-hybridized carbons (Fsp3) is 0. The highest BCUT2D eigenvalue weighted by molar-refractivity contribution is 6.35. The van der Waals surface area contributed by atoms with Gasteiger partial charge in [0, 0.05) is 15.6 Å². The van der Waals surface area contributed by atoms with Crippen LogP contribution in [0.15, 0.2) is 53.6 Å². The van der Waals surface area contributed by atoms with Crippen molar-refractivity contribution in [1.82, 2.24) is 15.6 Å². The predicted octanol–water partition coefficient (Wildman–Crippen LogP) is 3.85. The van der Waals surface area contributed by atoms with Gasteiger partial charge in [-0.15, -0.1) is 0 Å². The van der Waals surface area contributed by atoms with Gasteiger partial charge in [0.25, 0.3) is 5.91 Å². The van der Waals surface area contributed by atoms with Crippen molar-refractivity contribution in [2.75, 3.05) is 0 Å². The van der Waals surface area contributed by atoms with E-state index >= 15 is 0 Å². The van der Waals surface area contributed by atoms with Gasteiger partial charge in [0.1, 0.15) is 11.4 Å². The molecule has 0 fully saturated rings. The van der Waals surface area contributed by atoms with E-state index in [1.165, 1.54) is 18.3 Å². The molecular formula is C17H12Cl2N4O2. The Kier molecular flexibility index (Phi) is 5.02. The molecule has 3 N–H and O–H groups in total. The second kappa shape index (κ2) is 7.38. The number of hydrogen-bond donors (Lipinski definition) is 3. The molecule has 8 heteroatoms. The zero-order valence-electron chi connectivity index (χ0n) is 12.7. The van der Waals surface area contributed by atoms with Crippen LogP contribution in [0.5, 0.6) is 5.75 Å². The third kappa shape index (κ3) is 4.37. The van der Waals surface area contributed by atoms with E-state index in [0.29, 0.717) is 21.3 Å². The summed E-state index contributed by atoms with van der Waals surface area (Å²) in [6, 6.07) is 13.0. The Morgan fingerprint density at radius 2 is 1.80 bits per heavy atom. The Bertz CT molecular complexity index is 916. The molecule has 3 rings (SSSR count). The third-order valence-electron chi connectivity index (χ3n) is 3.25. The summed E-state index contributed by atoms with van der Waals surface area (Å²) in [4.78, 5) is 12.1. The van der Waals surface area contributed by atoms with E-state index in [1.807, 2.05) is 0 Å². The number of phenols is 1. The van der Waals surface area contributed by atoms with Crippen LogP contribution in [0, 0.1) is 0 Å². The highest BCUT2D eigenvalue weighted by Crippen LogP contribution is 2.26. The summed E-state index contributed by atoms with van der Waals surface area (Å²) in [7, 11) is 0. The maximum absolute atomic E-state index is 12.1. The highest BCUT2D eigenvalue weighted by atomic mass is 35.5. The van der Waals surface area contributed by atoms with E-state index in [0.717, 1.165) is 5.56 Å². The second-order valence-electron chi connectivity index (χ2n) is 5.12. The first-order valence-electron chi connectivity index (χ1n) is 7.15. The molecule has 1 amide bonds. The van der Waals surface area contributed by atoms with Crippen LogP contribution < -0.4 is 5.43 Å². The van der Waals surface area contributed by atoms with E-state index in [-0.39, 0.29) is 11.4 Å². The Morgan fingerprint density at radius 1 is 1.12 bits per heavy atom. The van der Waals surface area contributed by atoms with Crippen molar-refractivity contribution in [2.45, 2.75) is 0 Å². The topological polar surface area (TPSA) is 90.4 Å². The summed E-state index contributed by atoms with van der Waals surface area (Å²) < 4.78 is 0. The molecule has 0 aliphatic heterocycles. The van der Waals surface area contributed by atoms with Gasteiger partial charge in [-0.1, -0.05) is 23.2 Å². The van der Waals surface area contributed by atoms with Gasteiger partial charge < -0.3 is 5.11 Å². The fourth-order valence-electron chi connectivity index (χ4n) is 2.07. The third-order valence-corrected chi connectivity index (χ3v) is 3.69. The second-order valence-corrected chi connectivity index (χ2v) is 5.99. The SMILES string of the molecule is O=C(NN=Cc1ccc(O)cc1)c1cc(-c2cc(Cl)cc(Cl)c2)n[nH]1. The Morgan fingerprint density at radius 3 is 2.48 bits per heavy atom. The minimum atomic E-state index is -0.443. The van der Waals surface area contributed by atoms with Gasteiger partial charge in [-0.05, 0) is 54.1 Å². The number of aromatic nitrogens is 2. The molecule has 0 saturated heterocycles. The number of H-pyrrole nitrogens is 1.